The molecule has 1 aliphatic heterocycles. The van der Waals surface area contributed by atoms with E-state index in [9.17, 15) is 0 Å². The molecule has 0 saturated heterocycles. The molecule has 6 nitrogen and oxygen atoms in total. The van der Waals surface area contributed by atoms with Gasteiger partial charge in [0.1, 0.15) is 19.0 Å². The summed E-state index contributed by atoms with van der Waals surface area (Å²) in [5.41, 5.74) is 2.44. The minimum atomic E-state index is 0.451. The number of aryl methyl sites for hydroxylation is 1. The first-order chi connectivity index (χ1) is 6.31. The molecule has 0 aromatic carbocycles. The Balaban J connectivity index is 2.50. The summed E-state index contributed by atoms with van der Waals surface area (Å²) in [5.74, 6) is 7.26. The van der Waals surface area contributed by atoms with Gasteiger partial charge in [-0.2, -0.15) is 4.98 Å². The molecule has 13 heavy (non-hydrogen) atoms. The molecular formula is C7H10N4O2. The third-order valence-corrected chi connectivity index (χ3v) is 1.65. The molecule has 0 atom stereocenters. The fourth-order valence-corrected chi connectivity index (χ4v) is 1.14. The van der Waals surface area contributed by atoms with Crippen molar-refractivity contribution in [1.29, 1.82) is 0 Å². The predicted molar refractivity (Wildman–Crippen MR) is 45.6 cm³/mol. The summed E-state index contributed by atoms with van der Waals surface area (Å²) in [4.78, 5) is 8.12. The van der Waals surface area contributed by atoms with E-state index < -0.39 is 0 Å². The highest BCUT2D eigenvalue weighted by Gasteiger charge is 2.18. The Hall–Kier alpha value is -1.56. The van der Waals surface area contributed by atoms with Crippen LogP contribution in [0.3, 0.4) is 0 Å². The summed E-state index contributed by atoms with van der Waals surface area (Å²) in [7, 11) is 0. The van der Waals surface area contributed by atoms with Crippen LogP contribution in [0.25, 0.3) is 0 Å². The van der Waals surface area contributed by atoms with E-state index >= 15 is 0 Å². The molecule has 2 rings (SSSR count). The van der Waals surface area contributed by atoms with Crippen molar-refractivity contribution in [3.05, 3.63) is 5.82 Å². The van der Waals surface area contributed by atoms with Crippen LogP contribution < -0.4 is 20.7 Å². The van der Waals surface area contributed by atoms with Gasteiger partial charge >= 0.3 is 0 Å². The van der Waals surface area contributed by atoms with E-state index in [0.29, 0.717) is 36.5 Å². The number of nitrogen functional groups attached to an aromatic ring is 1. The van der Waals surface area contributed by atoms with E-state index in [0.717, 1.165) is 0 Å². The number of aromatic nitrogens is 2. The zero-order valence-electron chi connectivity index (χ0n) is 7.20. The molecule has 0 amide bonds. The summed E-state index contributed by atoms with van der Waals surface area (Å²) in [6.07, 6.45) is 0. The maximum atomic E-state index is 5.31. The molecule has 70 valence electrons. The average molecular weight is 182 g/mol. The zero-order chi connectivity index (χ0) is 9.26. The van der Waals surface area contributed by atoms with Crippen LogP contribution in [0, 0.1) is 6.92 Å². The fourth-order valence-electron chi connectivity index (χ4n) is 1.14. The third kappa shape index (κ3) is 1.35. The van der Waals surface area contributed by atoms with Crippen molar-refractivity contribution in [3.8, 4) is 11.6 Å². The van der Waals surface area contributed by atoms with Gasteiger partial charge in [-0.3, -0.25) is 0 Å². The summed E-state index contributed by atoms with van der Waals surface area (Å²) in [5, 5.41) is 0. The van der Waals surface area contributed by atoms with E-state index in [-0.39, 0.29) is 0 Å². The lowest BCUT2D eigenvalue weighted by molar-refractivity contribution is 0.164. The summed E-state index contributed by atoms with van der Waals surface area (Å²) in [6, 6.07) is 0. The number of nitrogens with two attached hydrogens (primary N) is 1. The third-order valence-electron chi connectivity index (χ3n) is 1.65. The summed E-state index contributed by atoms with van der Waals surface area (Å²) in [6.45, 7) is 2.76. The highest BCUT2D eigenvalue weighted by molar-refractivity contribution is 5.55. The molecule has 1 aromatic rings. The monoisotopic (exact) mass is 182 g/mol. The molecular weight excluding hydrogens is 172 g/mol. The zero-order valence-corrected chi connectivity index (χ0v) is 7.20. The molecule has 0 spiro atoms. The van der Waals surface area contributed by atoms with Crippen molar-refractivity contribution in [2.45, 2.75) is 6.92 Å². The molecule has 0 unspecified atom stereocenters. The maximum Gasteiger partial charge on any atom is 0.262 e. The van der Waals surface area contributed by atoms with Crippen LogP contribution >= 0.6 is 0 Å². The van der Waals surface area contributed by atoms with Crippen molar-refractivity contribution in [2.75, 3.05) is 18.6 Å². The predicted octanol–water partition coefficient (Wildman–Crippen LogP) is -0.158. The average Bonchev–Trinajstić information content (AvgIpc) is 2.16. The van der Waals surface area contributed by atoms with Crippen LogP contribution in [-0.2, 0) is 0 Å². The van der Waals surface area contributed by atoms with Gasteiger partial charge in [-0.15, -0.1) is 0 Å². The Morgan fingerprint density at radius 3 is 2.85 bits per heavy atom. The second-order valence-electron chi connectivity index (χ2n) is 2.59. The lowest BCUT2D eigenvalue weighted by Gasteiger charge is -2.19. The molecule has 2 heterocycles. The number of anilines is 1. The Bertz CT molecular complexity index is 311. The van der Waals surface area contributed by atoms with Crippen molar-refractivity contribution >= 4 is 5.82 Å². The maximum absolute atomic E-state index is 5.31. The number of hydrogen-bond acceptors (Lipinski definition) is 6. The van der Waals surface area contributed by atoms with E-state index in [4.69, 9.17) is 15.3 Å². The largest absolute Gasteiger partial charge is 0.482 e. The molecule has 0 saturated carbocycles. The van der Waals surface area contributed by atoms with Gasteiger partial charge in [0.15, 0.2) is 5.82 Å². The fraction of sp³-hybridized carbons (Fsp3) is 0.429. The summed E-state index contributed by atoms with van der Waals surface area (Å²) < 4.78 is 10.6. The van der Waals surface area contributed by atoms with Crippen LogP contribution in [0.4, 0.5) is 5.82 Å². The minimum absolute atomic E-state index is 0.451. The molecule has 0 bridgehead atoms. The van der Waals surface area contributed by atoms with E-state index in [1.165, 1.54) is 0 Å². The molecule has 0 fully saturated rings. The Labute approximate surface area is 75.0 Å². The minimum Gasteiger partial charge on any atom is -0.482 e. The van der Waals surface area contributed by atoms with Gasteiger partial charge in [0, 0.05) is 0 Å². The number of nitrogens with one attached hydrogen (secondary N) is 1. The first-order valence-corrected chi connectivity index (χ1v) is 3.92. The molecule has 6 heteroatoms. The number of fused-ring (bicyclic) bond motifs is 1. The highest BCUT2D eigenvalue weighted by Crippen LogP contribution is 2.33. The van der Waals surface area contributed by atoms with E-state index in [1.54, 1.807) is 6.92 Å². The summed E-state index contributed by atoms with van der Waals surface area (Å²) >= 11 is 0. The topological polar surface area (TPSA) is 82.3 Å². The van der Waals surface area contributed by atoms with Crippen LogP contribution in [0.1, 0.15) is 5.82 Å². The van der Waals surface area contributed by atoms with Crippen molar-refractivity contribution < 1.29 is 9.47 Å². The molecule has 1 aromatic heterocycles. The van der Waals surface area contributed by atoms with E-state index in [1.807, 2.05) is 0 Å². The van der Waals surface area contributed by atoms with Gasteiger partial charge in [-0.1, -0.05) is 0 Å². The molecule has 1 aliphatic rings. The van der Waals surface area contributed by atoms with Gasteiger partial charge in [0.25, 0.3) is 5.88 Å². The number of rotatable bonds is 1. The van der Waals surface area contributed by atoms with Gasteiger partial charge in [-0.05, 0) is 6.92 Å². The van der Waals surface area contributed by atoms with Gasteiger partial charge < -0.3 is 14.9 Å². The van der Waals surface area contributed by atoms with Crippen molar-refractivity contribution in [3.63, 3.8) is 0 Å². The second-order valence-corrected chi connectivity index (χ2v) is 2.59. The first kappa shape index (κ1) is 8.06. The Morgan fingerprint density at radius 1 is 1.31 bits per heavy atom. The second kappa shape index (κ2) is 3.06. The molecule has 0 radical (unpaired) electrons. The lowest BCUT2D eigenvalue weighted by atomic mass is 10.4. The Morgan fingerprint density at radius 2 is 2.08 bits per heavy atom. The van der Waals surface area contributed by atoms with Gasteiger partial charge in [-0.25, -0.2) is 10.8 Å². The molecule has 0 aliphatic carbocycles. The van der Waals surface area contributed by atoms with Gasteiger partial charge in [0.2, 0.25) is 5.75 Å². The van der Waals surface area contributed by atoms with Crippen LogP contribution in [0.15, 0.2) is 0 Å². The quantitative estimate of drug-likeness (QED) is 0.464. The number of ether oxygens (including phenoxy) is 2. The smallest absolute Gasteiger partial charge is 0.262 e. The highest BCUT2D eigenvalue weighted by atomic mass is 16.6. The molecule has 3 N–H and O–H groups in total. The standard InChI is InChI=1S/C7H10N4O2/c1-4-9-6(11-8)5-7(10-4)13-3-2-12-5/h2-3,8H2,1H3,(H,9,10,11). The van der Waals surface area contributed by atoms with Gasteiger partial charge in [0.05, 0.1) is 0 Å². The lowest BCUT2D eigenvalue weighted by Crippen LogP contribution is -2.20. The number of hydrogen-bond donors (Lipinski definition) is 2. The van der Waals surface area contributed by atoms with Crippen LogP contribution in [-0.4, -0.2) is 23.2 Å². The SMILES string of the molecule is Cc1nc(NN)c2c(n1)OCCO2. The van der Waals surface area contributed by atoms with E-state index in [2.05, 4.69) is 15.4 Å². The van der Waals surface area contributed by atoms with Crippen LogP contribution in [0.5, 0.6) is 11.6 Å². The van der Waals surface area contributed by atoms with Crippen LogP contribution in [0.2, 0.25) is 0 Å². The van der Waals surface area contributed by atoms with Crippen molar-refractivity contribution in [1.82, 2.24) is 9.97 Å². The Kier molecular flexibility index (Phi) is 1.90. The first-order valence-electron chi connectivity index (χ1n) is 3.92. The van der Waals surface area contributed by atoms with Crippen molar-refractivity contribution in [2.24, 2.45) is 5.84 Å². The normalized spacial score (nSPS) is 14.0. The number of nitrogens with zero attached hydrogens (tertiary/aromatic N) is 2. The number of hydrazine groups is 1.